The summed E-state index contributed by atoms with van der Waals surface area (Å²) in [5.41, 5.74) is 3.66. The van der Waals surface area contributed by atoms with Gasteiger partial charge in [-0.15, -0.1) is 0 Å². The van der Waals surface area contributed by atoms with Crippen LogP contribution in [0.25, 0.3) is 0 Å². The van der Waals surface area contributed by atoms with Gasteiger partial charge in [0, 0.05) is 5.56 Å². The van der Waals surface area contributed by atoms with Crippen molar-refractivity contribution in [3.8, 4) is 11.5 Å². The fourth-order valence-corrected chi connectivity index (χ4v) is 3.11. The van der Waals surface area contributed by atoms with Crippen molar-refractivity contribution in [1.82, 2.24) is 10.7 Å². The van der Waals surface area contributed by atoms with Crippen molar-refractivity contribution in [1.29, 1.82) is 0 Å². The number of nitrogens with one attached hydrogen (secondary N) is 2. The van der Waals surface area contributed by atoms with E-state index in [1.165, 1.54) is 24.4 Å². The summed E-state index contributed by atoms with van der Waals surface area (Å²) >= 11 is 11.7. The summed E-state index contributed by atoms with van der Waals surface area (Å²) in [4.78, 5) is 36.3. The molecule has 3 rings (SSSR count). The molecule has 0 heterocycles. The highest BCUT2D eigenvalue weighted by molar-refractivity contribution is 6.42. The lowest BCUT2D eigenvalue weighted by atomic mass is 10.2. The van der Waals surface area contributed by atoms with Crippen molar-refractivity contribution in [2.24, 2.45) is 5.10 Å². The topological polar surface area (TPSA) is 106 Å². The lowest BCUT2D eigenvalue weighted by Crippen LogP contribution is -2.34. The maximum atomic E-state index is 12.3. The first kappa shape index (κ1) is 26.7. The first-order valence-corrected chi connectivity index (χ1v) is 11.7. The largest absolute Gasteiger partial charge is 0.494 e. The zero-order valence-corrected chi connectivity index (χ0v) is 20.8. The van der Waals surface area contributed by atoms with Gasteiger partial charge in [0.15, 0.2) is 0 Å². The highest BCUT2D eigenvalue weighted by atomic mass is 35.5. The highest BCUT2D eigenvalue weighted by Crippen LogP contribution is 2.22. The minimum absolute atomic E-state index is 0.241. The van der Waals surface area contributed by atoms with Crippen LogP contribution >= 0.6 is 23.2 Å². The maximum Gasteiger partial charge on any atom is 0.343 e. The van der Waals surface area contributed by atoms with Crippen LogP contribution in [-0.4, -0.2) is 37.1 Å². The van der Waals surface area contributed by atoms with Crippen LogP contribution < -0.4 is 20.2 Å². The fourth-order valence-electron chi connectivity index (χ4n) is 2.81. The lowest BCUT2D eigenvalue weighted by Gasteiger charge is -2.07. The third kappa shape index (κ3) is 8.11. The summed E-state index contributed by atoms with van der Waals surface area (Å²) in [6.45, 7) is 2.35. The van der Waals surface area contributed by atoms with Gasteiger partial charge in [-0.2, -0.15) is 5.10 Å². The van der Waals surface area contributed by atoms with Crippen molar-refractivity contribution in [2.75, 3.05) is 13.2 Å². The van der Waals surface area contributed by atoms with Gasteiger partial charge in [-0.25, -0.2) is 10.2 Å². The Morgan fingerprint density at radius 1 is 0.889 bits per heavy atom. The molecule has 0 aliphatic rings. The molecule has 3 aromatic carbocycles. The Kier molecular flexibility index (Phi) is 9.85. The molecule has 0 bridgehead atoms. The molecule has 3 aromatic rings. The van der Waals surface area contributed by atoms with Crippen molar-refractivity contribution in [3.05, 3.63) is 93.5 Å². The number of ether oxygens (including phenoxy) is 2. The molecule has 0 unspecified atom stereocenters. The fraction of sp³-hybridized carbons (Fsp3) is 0.154. The van der Waals surface area contributed by atoms with Crippen LogP contribution in [0, 0.1) is 0 Å². The van der Waals surface area contributed by atoms with Crippen LogP contribution in [0.3, 0.4) is 0 Å². The summed E-state index contributed by atoms with van der Waals surface area (Å²) < 4.78 is 10.9. The van der Waals surface area contributed by atoms with Gasteiger partial charge in [-0.05, 0) is 78.7 Å². The average molecular weight is 528 g/mol. The molecule has 0 saturated carbocycles. The molecule has 2 N–H and O–H groups in total. The zero-order chi connectivity index (χ0) is 25.9. The average Bonchev–Trinajstić information content (AvgIpc) is 2.89. The van der Waals surface area contributed by atoms with E-state index in [1.54, 1.807) is 48.5 Å². The summed E-state index contributed by atoms with van der Waals surface area (Å²) in [5, 5.41) is 6.88. The quantitative estimate of drug-likeness (QED) is 0.169. The van der Waals surface area contributed by atoms with Gasteiger partial charge < -0.3 is 14.8 Å². The van der Waals surface area contributed by atoms with Gasteiger partial charge in [0.1, 0.15) is 11.5 Å². The summed E-state index contributed by atoms with van der Waals surface area (Å²) in [7, 11) is 0. The number of hydrogen-bond acceptors (Lipinski definition) is 6. The minimum Gasteiger partial charge on any atom is -0.494 e. The van der Waals surface area contributed by atoms with Gasteiger partial charge in [0.25, 0.3) is 11.8 Å². The second kappa shape index (κ2) is 13.3. The van der Waals surface area contributed by atoms with Gasteiger partial charge in [0.2, 0.25) is 0 Å². The molecular weight excluding hydrogens is 505 g/mol. The molecule has 0 fully saturated rings. The van der Waals surface area contributed by atoms with E-state index in [2.05, 4.69) is 15.8 Å². The van der Waals surface area contributed by atoms with E-state index >= 15 is 0 Å². The number of rotatable bonds is 10. The number of halogens is 2. The Hall–Kier alpha value is -3.88. The van der Waals surface area contributed by atoms with Crippen LogP contribution in [0.2, 0.25) is 10.0 Å². The molecule has 0 aromatic heterocycles. The number of esters is 1. The molecule has 2 amide bonds. The molecule has 0 saturated heterocycles. The molecule has 0 spiro atoms. The van der Waals surface area contributed by atoms with Crippen molar-refractivity contribution >= 4 is 47.2 Å². The molecule has 10 heteroatoms. The van der Waals surface area contributed by atoms with E-state index in [-0.39, 0.29) is 17.1 Å². The Labute approximate surface area is 218 Å². The van der Waals surface area contributed by atoms with E-state index in [4.69, 9.17) is 32.7 Å². The molecule has 8 nitrogen and oxygen atoms in total. The summed E-state index contributed by atoms with van der Waals surface area (Å²) in [5.74, 6) is -0.431. The Bertz CT molecular complexity index is 1250. The summed E-state index contributed by atoms with van der Waals surface area (Å²) in [6, 6.07) is 17.7. The van der Waals surface area contributed by atoms with Gasteiger partial charge in [-0.1, -0.05) is 30.1 Å². The van der Waals surface area contributed by atoms with Crippen LogP contribution in [-0.2, 0) is 4.79 Å². The number of benzene rings is 3. The third-order valence-corrected chi connectivity index (χ3v) is 5.39. The molecule has 0 radical (unpaired) electrons. The Morgan fingerprint density at radius 3 is 2.22 bits per heavy atom. The molecular formula is C26H23Cl2N3O5. The van der Waals surface area contributed by atoms with Crippen molar-refractivity contribution < 1.29 is 23.9 Å². The first-order chi connectivity index (χ1) is 17.4. The Morgan fingerprint density at radius 2 is 1.56 bits per heavy atom. The van der Waals surface area contributed by atoms with Gasteiger partial charge in [0.05, 0.1) is 35.0 Å². The van der Waals surface area contributed by atoms with Gasteiger partial charge >= 0.3 is 5.97 Å². The van der Waals surface area contributed by atoms with Crippen LogP contribution in [0.5, 0.6) is 11.5 Å². The number of carbonyl (C=O) groups excluding carboxylic acids is 3. The predicted octanol–water partition coefficient (Wildman–Crippen LogP) is 4.88. The zero-order valence-electron chi connectivity index (χ0n) is 19.3. The SMILES string of the molecule is CCCOc1ccc(C(=O)Oc2ccc(/C=N\NC(=O)CNC(=O)c3ccc(Cl)c(Cl)c3)cc2)cc1. The minimum atomic E-state index is -0.517. The molecule has 186 valence electrons. The standard InChI is InChI=1S/C26H23Cl2N3O5/c1-2-13-35-20-10-5-18(6-11-20)26(34)36-21-8-3-17(4-9-21)15-30-31-24(32)16-29-25(33)19-7-12-22(27)23(28)14-19/h3-12,14-15H,2,13,16H2,1H3,(H,29,33)(H,31,32)/b30-15-. The number of amides is 2. The Balaban J connectivity index is 1.44. The maximum absolute atomic E-state index is 12.3. The van der Waals surface area contributed by atoms with E-state index in [1.807, 2.05) is 6.92 Å². The number of carbonyl (C=O) groups is 3. The summed E-state index contributed by atoms with van der Waals surface area (Å²) in [6.07, 6.45) is 2.32. The lowest BCUT2D eigenvalue weighted by molar-refractivity contribution is -0.120. The second-order valence-electron chi connectivity index (χ2n) is 7.44. The first-order valence-electron chi connectivity index (χ1n) is 11.0. The second-order valence-corrected chi connectivity index (χ2v) is 8.25. The number of hydrazone groups is 1. The number of nitrogens with zero attached hydrogens (tertiary/aromatic N) is 1. The molecule has 36 heavy (non-hydrogen) atoms. The van der Waals surface area contributed by atoms with E-state index in [0.29, 0.717) is 34.3 Å². The van der Waals surface area contributed by atoms with Crippen molar-refractivity contribution in [3.63, 3.8) is 0 Å². The third-order valence-electron chi connectivity index (χ3n) is 4.65. The van der Waals surface area contributed by atoms with Crippen LogP contribution in [0.1, 0.15) is 39.6 Å². The van der Waals surface area contributed by atoms with Crippen LogP contribution in [0.15, 0.2) is 71.8 Å². The highest BCUT2D eigenvalue weighted by Gasteiger charge is 2.10. The monoisotopic (exact) mass is 527 g/mol. The van der Waals surface area contributed by atoms with E-state index in [0.717, 1.165) is 6.42 Å². The normalized spacial score (nSPS) is 10.6. The van der Waals surface area contributed by atoms with Crippen molar-refractivity contribution in [2.45, 2.75) is 13.3 Å². The number of hydrogen-bond donors (Lipinski definition) is 2. The molecule has 0 aliphatic carbocycles. The smallest absolute Gasteiger partial charge is 0.343 e. The molecule has 0 aliphatic heterocycles. The van der Waals surface area contributed by atoms with E-state index in [9.17, 15) is 14.4 Å². The van der Waals surface area contributed by atoms with E-state index < -0.39 is 17.8 Å². The molecule has 0 atom stereocenters. The van der Waals surface area contributed by atoms with Gasteiger partial charge in [-0.3, -0.25) is 9.59 Å². The van der Waals surface area contributed by atoms with Crippen LogP contribution in [0.4, 0.5) is 0 Å². The predicted molar refractivity (Wildman–Crippen MR) is 138 cm³/mol.